The van der Waals surface area contributed by atoms with E-state index in [9.17, 15) is 9.59 Å². The molecule has 0 heterocycles. The lowest BCUT2D eigenvalue weighted by Gasteiger charge is -2.07. The molecule has 2 N–H and O–H groups in total. The van der Waals surface area contributed by atoms with Gasteiger partial charge in [0.25, 0.3) is 0 Å². The summed E-state index contributed by atoms with van der Waals surface area (Å²) in [6.07, 6.45) is 2.27. The van der Waals surface area contributed by atoms with Gasteiger partial charge in [0, 0.05) is 26.2 Å². The van der Waals surface area contributed by atoms with Gasteiger partial charge >= 0.3 is 0 Å². The Morgan fingerprint density at radius 2 is 1.07 bits per heavy atom. The van der Waals surface area contributed by atoms with E-state index in [1.54, 1.807) is 38.4 Å². The van der Waals surface area contributed by atoms with Crippen molar-refractivity contribution in [2.24, 2.45) is 20.5 Å². The van der Waals surface area contributed by atoms with Gasteiger partial charge in [-0.15, -0.1) is 20.5 Å². The number of nitrogens with zero attached hydrogens (tertiary/aromatic N) is 4. The number of anilines is 2. The predicted molar refractivity (Wildman–Crippen MR) is 107 cm³/mol. The van der Waals surface area contributed by atoms with Crippen molar-refractivity contribution in [3.8, 4) is 0 Å². The molecule has 0 radical (unpaired) electrons. The van der Waals surface area contributed by atoms with Crippen LogP contribution in [0.2, 0.25) is 0 Å². The molecule has 8 heteroatoms. The number of carbonyl (C=O) groups is 2. The summed E-state index contributed by atoms with van der Waals surface area (Å²) < 4.78 is 0. The van der Waals surface area contributed by atoms with Crippen LogP contribution < -0.4 is 10.6 Å². The first-order valence-corrected chi connectivity index (χ1v) is 8.51. The van der Waals surface area contributed by atoms with Gasteiger partial charge in [-0.25, -0.2) is 0 Å². The zero-order chi connectivity index (χ0) is 19.9. The molecular weight excluding hydrogens is 356 g/mol. The minimum atomic E-state index is -0.518. The van der Waals surface area contributed by atoms with E-state index in [4.69, 9.17) is 0 Å². The van der Waals surface area contributed by atoms with E-state index in [1.807, 2.05) is 24.3 Å². The lowest BCUT2D eigenvalue weighted by molar-refractivity contribution is -0.115. The van der Waals surface area contributed by atoms with Crippen molar-refractivity contribution in [2.45, 2.75) is 0 Å². The molecule has 0 bridgehead atoms. The summed E-state index contributed by atoms with van der Waals surface area (Å²) in [5.41, 5.74) is 2.42. The first-order valence-electron chi connectivity index (χ1n) is 8.51. The summed E-state index contributed by atoms with van der Waals surface area (Å²) in [6, 6.07) is 14.5. The Morgan fingerprint density at radius 1 is 0.643 bits per heavy atom. The van der Waals surface area contributed by atoms with Crippen molar-refractivity contribution in [1.29, 1.82) is 0 Å². The molecule has 0 atom stereocenters. The quantitative estimate of drug-likeness (QED) is 0.571. The van der Waals surface area contributed by atoms with E-state index in [1.165, 1.54) is 0 Å². The molecule has 8 nitrogen and oxygen atoms in total. The predicted octanol–water partition coefficient (Wildman–Crippen LogP) is 4.56. The summed E-state index contributed by atoms with van der Waals surface area (Å²) in [7, 11) is 3.51. The number of benzene rings is 2. The van der Waals surface area contributed by atoms with Crippen LogP contribution in [0.15, 0.2) is 92.5 Å². The second kappa shape index (κ2) is 8.63. The first kappa shape index (κ1) is 18.8. The summed E-state index contributed by atoms with van der Waals surface area (Å²) >= 11 is 0. The van der Waals surface area contributed by atoms with E-state index in [0.29, 0.717) is 11.4 Å². The van der Waals surface area contributed by atoms with E-state index in [-0.39, 0.29) is 11.4 Å². The Kier molecular flexibility index (Phi) is 5.81. The van der Waals surface area contributed by atoms with Crippen LogP contribution in [0.5, 0.6) is 0 Å². The van der Waals surface area contributed by atoms with Crippen LogP contribution in [0.4, 0.5) is 22.7 Å². The smallest absolute Gasteiger partial charge is 0.233 e. The number of nitrogens with one attached hydrogen (secondary N) is 2. The fraction of sp³-hybridized carbons (Fsp3) is 0.100. The van der Waals surface area contributed by atoms with Gasteiger partial charge in [0.05, 0.1) is 11.4 Å². The third-order valence-corrected chi connectivity index (χ3v) is 3.90. The van der Waals surface area contributed by atoms with Crippen LogP contribution in [-0.4, -0.2) is 25.7 Å². The number of allylic oxidation sites excluding steroid dienone is 2. The molecule has 0 fully saturated rings. The van der Waals surface area contributed by atoms with Gasteiger partial charge in [-0.1, -0.05) is 24.3 Å². The molecule has 28 heavy (non-hydrogen) atoms. The van der Waals surface area contributed by atoms with Crippen LogP contribution in [0.3, 0.4) is 0 Å². The number of azo groups is 2. The average Bonchev–Trinajstić information content (AvgIpc) is 2.73. The number of ketones is 2. The van der Waals surface area contributed by atoms with E-state index in [2.05, 4.69) is 31.1 Å². The molecule has 0 aromatic heterocycles. The highest BCUT2D eigenvalue weighted by Gasteiger charge is 2.22. The first-order chi connectivity index (χ1) is 13.6. The standard InChI is InChI=1S/C20H18N6O2/c1-21-14-7-3-5-9-16(14)23-25-18-11-13(27)12-19(20(18)28)26-24-17-10-6-4-8-15(17)22-2/h3-12,21-22H,1-2H3. The number of hydrogen-bond acceptors (Lipinski definition) is 8. The maximum Gasteiger partial charge on any atom is 0.233 e. The van der Waals surface area contributed by atoms with Crippen LogP contribution in [-0.2, 0) is 9.59 Å². The number of rotatable bonds is 6. The van der Waals surface area contributed by atoms with Crippen LogP contribution in [0, 0.1) is 0 Å². The Morgan fingerprint density at radius 3 is 1.50 bits per heavy atom. The normalized spacial score (nSPS) is 14.4. The fourth-order valence-electron chi connectivity index (χ4n) is 2.48. The summed E-state index contributed by atoms with van der Waals surface area (Å²) in [5.74, 6) is -0.915. The maximum absolute atomic E-state index is 12.6. The summed E-state index contributed by atoms with van der Waals surface area (Å²) in [6.45, 7) is 0. The van der Waals surface area contributed by atoms with Gasteiger partial charge in [0.1, 0.15) is 22.8 Å². The number of para-hydroxylation sites is 2. The maximum atomic E-state index is 12.6. The third-order valence-electron chi connectivity index (χ3n) is 3.90. The molecule has 1 aliphatic rings. The molecule has 0 saturated carbocycles. The van der Waals surface area contributed by atoms with Crippen LogP contribution in [0.25, 0.3) is 0 Å². The molecule has 2 aromatic carbocycles. The SMILES string of the molecule is CNc1ccccc1N=NC1=CC(=O)C=C(N=Nc2ccccc2NC)C1=O. The lowest BCUT2D eigenvalue weighted by Crippen LogP contribution is -2.11. The number of hydrogen-bond donors (Lipinski definition) is 2. The van der Waals surface area contributed by atoms with Crippen LogP contribution in [0.1, 0.15) is 0 Å². The molecule has 0 saturated heterocycles. The van der Waals surface area contributed by atoms with Crippen molar-refractivity contribution < 1.29 is 9.59 Å². The minimum Gasteiger partial charge on any atom is -0.386 e. The van der Waals surface area contributed by atoms with Crippen LogP contribution >= 0.6 is 0 Å². The van der Waals surface area contributed by atoms with Crippen molar-refractivity contribution >= 4 is 34.3 Å². The Hall–Kier alpha value is -3.94. The van der Waals surface area contributed by atoms with Gasteiger partial charge < -0.3 is 10.6 Å². The molecular formula is C20H18N6O2. The van der Waals surface area contributed by atoms with Crippen molar-refractivity contribution in [2.75, 3.05) is 24.7 Å². The highest BCUT2D eigenvalue weighted by molar-refractivity contribution is 6.19. The molecule has 0 amide bonds. The third kappa shape index (κ3) is 4.24. The number of Topliss-reactive ketones (excluding diaryl/α,β-unsaturated/α-hetero) is 1. The molecule has 140 valence electrons. The van der Waals surface area contributed by atoms with Gasteiger partial charge in [-0.3, -0.25) is 9.59 Å². The Balaban J connectivity index is 1.83. The second-order valence-electron chi connectivity index (χ2n) is 5.72. The molecule has 2 aromatic rings. The summed E-state index contributed by atoms with van der Waals surface area (Å²) in [5, 5.41) is 22.0. The van der Waals surface area contributed by atoms with E-state index in [0.717, 1.165) is 23.5 Å². The highest BCUT2D eigenvalue weighted by Crippen LogP contribution is 2.27. The summed E-state index contributed by atoms with van der Waals surface area (Å²) in [4.78, 5) is 24.6. The topological polar surface area (TPSA) is 108 Å². The molecule has 0 unspecified atom stereocenters. The Labute approximate surface area is 161 Å². The average molecular weight is 374 g/mol. The van der Waals surface area contributed by atoms with E-state index >= 15 is 0 Å². The largest absolute Gasteiger partial charge is 0.386 e. The lowest BCUT2D eigenvalue weighted by atomic mass is 10.1. The highest BCUT2D eigenvalue weighted by atomic mass is 16.1. The Bertz CT molecular complexity index is 957. The van der Waals surface area contributed by atoms with Gasteiger partial charge in [0.2, 0.25) is 5.78 Å². The zero-order valence-electron chi connectivity index (χ0n) is 15.4. The molecule has 1 aliphatic carbocycles. The second-order valence-corrected chi connectivity index (χ2v) is 5.72. The van der Waals surface area contributed by atoms with Gasteiger partial charge in [-0.2, -0.15) is 0 Å². The zero-order valence-corrected chi connectivity index (χ0v) is 15.4. The monoisotopic (exact) mass is 374 g/mol. The molecule has 3 rings (SSSR count). The van der Waals surface area contributed by atoms with Crippen molar-refractivity contribution in [3.63, 3.8) is 0 Å². The van der Waals surface area contributed by atoms with E-state index < -0.39 is 11.6 Å². The van der Waals surface area contributed by atoms with Crippen molar-refractivity contribution in [1.82, 2.24) is 0 Å². The minimum absolute atomic E-state index is 0.0887. The van der Waals surface area contributed by atoms with Crippen molar-refractivity contribution in [3.05, 3.63) is 72.1 Å². The molecule has 0 spiro atoms. The fourth-order valence-corrected chi connectivity index (χ4v) is 2.48. The van der Waals surface area contributed by atoms with Gasteiger partial charge in [-0.05, 0) is 24.3 Å². The number of carbonyl (C=O) groups excluding carboxylic acids is 2. The molecule has 0 aliphatic heterocycles. The van der Waals surface area contributed by atoms with Gasteiger partial charge in [0.15, 0.2) is 5.78 Å².